The van der Waals surface area contributed by atoms with Gasteiger partial charge in [0.25, 0.3) is 5.91 Å². The zero-order valence-electron chi connectivity index (χ0n) is 13.8. The first-order valence-electron chi connectivity index (χ1n) is 7.28. The number of sulfone groups is 1. The summed E-state index contributed by atoms with van der Waals surface area (Å²) in [6.45, 7) is 0.234. The molecule has 2 rings (SSSR count). The summed E-state index contributed by atoms with van der Waals surface area (Å²) in [5.74, 6) is -4.49. The fraction of sp³-hybridized carbons (Fsp3) is 0.188. The number of carbonyl (C=O) groups is 1. The highest BCUT2D eigenvalue weighted by molar-refractivity contribution is 7.91. The van der Waals surface area contributed by atoms with E-state index >= 15 is 0 Å². The Morgan fingerprint density at radius 3 is 2.07 bits per heavy atom. The van der Waals surface area contributed by atoms with E-state index in [9.17, 15) is 40.3 Å². The molecule has 0 saturated carbocycles. The van der Waals surface area contributed by atoms with Crippen LogP contribution in [0.5, 0.6) is 0 Å². The van der Waals surface area contributed by atoms with Gasteiger partial charge in [-0.3, -0.25) is 4.79 Å². The van der Waals surface area contributed by atoms with Crippen LogP contribution in [0.1, 0.15) is 6.92 Å². The minimum Gasteiger partial charge on any atom is -0.373 e. The van der Waals surface area contributed by atoms with Gasteiger partial charge in [0, 0.05) is 0 Å². The van der Waals surface area contributed by atoms with E-state index < -0.39 is 59.7 Å². The predicted molar refractivity (Wildman–Crippen MR) is 88.6 cm³/mol. The maximum Gasteiger partial charge on any atom is 0.426 e. The number of hydrogen-bond acceptors (Lipinski definition) is 4. The van der Waals surface area contributed by atoms with Crippen LogP contribution in [0.15, 0.2) is 46.2 Å². The summed E-state index contributed by atoms with van der Waals surface area (Å²) in [6, 6.07) is 4.46. The summed E-state index contributed by atoms with van der Waals surface area (Å²) in [6.07, 6.45) is -5.26. The first kappa shape index (κ1) is 22.1. The number of alkyl halides is 3. The van der Waals surface area contributed by atoms with Crippen LogP contribution in [0, 0.1) is 11.6 Å². The van der Waals surface area contributed by atoms with Crippen molar-refractivity contribution < 1.29 is 40.3 Å². The molecule has 0 bridgehead atoms. The van der Waals surface area contributed by atoms with Gasteiger partial charge in [-0.15, -0.1) is 0 Å². The maximum atomic E-state index is 13.3. The molecule has 0 aliphatic rings. The molecule has 0 aromatic heterocycles. The third kappa shape index (κ3) is 4.10. The Bertz CT molecular complexity index is 1040. The topological polar surface area (TPSA) is 83.5 Å². The number of rotatable bonds is 4. The molecule has 0 heterocycles. The summed E-state index contributed by atoms with van der Waals surface area (Å²) in [5, 5.41) is 10.6. The summed E-state index contributed by atoms with van der Waals surface area (Å²) < 4.78 is 89.2. The number of amides is 1. The van der Waals surface area contributed by atoms with Crippen LogP contribution in [-0.2, 0) is 14.6 Å². The highest BCUT2D eigenvalue weighted by Gasteiger charge is 2.55. The molecule has 2 aromatic carbocycles. The van der Waals surface area contributed by atoms with Crippen molar-refractivity contribution in [3.8, 4) is 0 Å². The Morgan fingerprint density at radius 1 is 1.04 bits per heavy atom. The quantitative estimate of drug-likeness (QED) is 0.557. The molecule has 0 fully saturated rings. The predicted octanol–water partition coefficient (Wildman–Crippen LogP) is 3.70. The lowest BCUT2D eigenvalue weighted by Crippen LogP contribution is -2.52. The van der Waals surface area contributed by atoms with Crippen LogP contribution >= 0.6 is 11.6 Å². The van der Waals surface area contributed by atoms with E-state index in [2.05, 4.69) is 0 Å². The average Bonchev–Trinajstić information content (AvgIpc) is 2.57. The van der Waals surface area contributed by atoms with E-state index in [1.807, 2.05) is 0 Å². The number of halogens is 6. The minimum atomic E-state index is -5.26. The number of hydrogen-bond donors (Lipinski definition) is 2. The minimum absolute atomic E-state index is 0.234. The van der Waals surface area contributed by atoms with Crippen LogP contribution < -0.4 is 5.32 Å². The lowest BCUT2D eigenvalue weighted by molar-refractivity contribution is -0.242. The Labute approximate surface area is 160 Å². The number of aliphatic hydroxyl groups is 1. The van der Waals surface area contributed by atoms with E-state index in [1.54, 1.807) is 5.32 Å². The Balaban J connectivity index is 2.36. The van der Waals surface area contributed by atoms with E-state index in [0.29, 0.717) is 12.1 Å². The molecule has 0 aliphatic carbocycles. The van der Waals surface area contributed by atoms with Gasteiger partial charge in [0.05, 0.1) is 20.5 Å². The third-order valence-corrected chi connectivity index (χ3v) is 5.76. The zero-order valence-corrected chi connectivity index (χ0v) is 15.4. The first-order chi connectivity index (χ1) is 12.7. The average molecular weight is 444 g/mol. The molecular formula is C16H11ClF5NO4S. The molecule has 12 heteroatoms. The fourth-order valence-corrected chi connectivity index (χ4v) is 3.51. The zero-order chi connectivity index (χ0) is 21.5. The van der Waals surface area contributed by atoms with Crippen LogP contribution in [0.4, 0.5) is 27.6 Å². The molecule has 5 nitrogen and oxygen atoms in total. The van der Waals surface area contributed by atoms with Crippen molar-refractivity contribution in [3.63, 3.8) is 0 Å². The van der Waals surface area contributed by atoms with Crippen molar-refractivity contribution in [1.29, 1.82) is 0 Å². The van der Waals surface area contributed by atoms with Gasteiger partial charge >= 0.3 is 6.18 Å². The standard InChI is InChI=1S/C16H11ClF5NO4S/c1-15(25,16(20,21)22)14(24)23-13-5-3-8(6-10(13)17)28(26,27)9-2-4-11(18)12(19)7-9/h2-7,25H,1H3,(H,23,24). The monoisotopic (exact) mass is 443 g/mol. The lowest BCUT2D eigenvalue weighted by Gasteiger charge is -2.25. The number of benzene rings is 2. The van der Waals surface area contributed by atoms with E-state index in [4.69, 9.17) is 11.6 Å². The third-order valence-electron chi connectivity index (χ3n) is 3.69. The molecule has 28 heavy (non-hydrogen) atoms. The highest BCUT2D eigenvalue weighted by Crippen LogP contribution is 2.33. The van der Waals surface area contributed by atoms with Gasteiger partial charge in [0.15, 0.2) is 11.6 Å². The molecule has 0 radical (unpaired) electrons. The van der Waals surface area contributed by atoms with Crippen molar-refractivity contribution in [2.24, 2.45) is 0 Å². The van der Waals surface area contributed by atoms with Gasteiger partial charge < -0.3 is 10.4 Å². The second kappa shape index (κ2) is 7.30. The van der Waals surface area contributed by atoms with Gasteiger partial charge in [0.1, 0.15) is 0 Å². The fourth-order valence-electron chi connectivity index (χ4n) is 1.92. The van der Waals surface area contributed by atoms with Gasteiger partial charge in [0.2, 0.25) is 15.4 Å². The molecule has 2 N–H and O–H groups in total. The molecule has 1 amide bonds. The van der Waals surface area contributed by atoms with E-state index in [1.165, 1.54) is 0 Å². The van der Waals surface area contributed by atoms with Crippen LogP contribution in [-0.4, -0.2) is 31.2 Å². The Hall–Kier alpha value is -2.24. The molecule has 1 atom stereocenters. The van der Waals surface area contributed by atoms with Crippen molar-refractivity contribution in [2.75, 3.05) is 5.32 Å². The molecule has 2 aromatic rings. The number of carbonyl (C=O) groups excluding carboxylic acids is 1. The molecule has 1 unspecified atom stereocenters. The number of nitrogens with one attached hydrogen (secondary N) is 1. The van der Waals surface area contributed by atoms with Crippen molar-refractivity contribution >= 4 is 33.0 Å². The summed E-state index contributed by atoms with van der Waals surface area (Å²) in [7, 11) is -4.33. The normalized spacial score (nSPS) is 14.4. The van der Waals surface area contributed by atoms with Gasteiger partial charge in [-0.1, -0.05) is 11.6 Å². The molecule has 0 spiro atoms. The van der Waals surface area contributed by atoms with Crippen molar-refractivity contribution in [2.45, 2.75) is 28.5 Å². The molecule has 152 valence electrons. The van der Waals surface area contributed by atoms with Crippen LogP contribution in [0.2, 0.25) is 5.02 Å². The summed E-state index contributed by atoms with van der Waals surface area (Å²) >= 11 is 5.81. The van der Waals surface area contributed by atoms with Crippen LogP contribution in [0.25, 0.3) is 0 Å². The molecule has 0 saturated heterocycles. The van der Waals surface area contributed by atoms with Crippen molar-refractivity contribution in [3.05, 3.63) is 53.1 Å². The SMILES string of the molecule is CC(O)(C(=O)Nc1ccc(S(=O)(=O)c2ccc(F)c(F)c2)cc1Cl)C(F)(F)F. The second-order valence-corrected chi connectivity index (χ2v) is 8.10. The van der Waals surface area contributed by atoms with Gasteiger partial charge in [-0.25, -0.2) is 17.2 Å². The Kier molecular flexibility index (Phi) is 5.75. The lowest BCUT2D eigenvalue weighted by atomic mass is 10.1. The molecular weight excluding hydrogens is 433 g/mol. The smallest absolute Gasteiger partial charge is 0.373 e. The Morgan fingerprint density at radius 2 is 1.57 bits per heavy atom. The van der Waals surface area contributed by atoms with Gasteiger partial charge in [-0.2, -0.15) is 13.2 Å². The highest BCUT2D eigenvalue weighted by atomic mass is 35.5. The van der Waals surface area contributed by atoms with E-state index in [-0.39, 0.29) is 6.92 Å². The van der Waals surface area contributed by atoms with E-state index in [0.717, 1.165) is 24.3 Å². The molecule has 0 aliphatic heterocycles. The van der Waals surface area contributed by atoms with Crippen molar-refractivity contribution in [1.82, 2.24) is 0 Å². The summed E-state index contributed by atoms with van der Waals surface area (Å²) in [5.41, 5.74) is -4.12. The number of anilines is 1. The largest absolute Gasteiger partial charge is 0.426 e. The maximum absolute atomic E-state index is 13.3. The first-order valence-corrected chi connectivity index (χ1v) is 9.14. The van der Waals surface area contributed by atoms with Crippen LogP contribution in [0.3, 0.4) is 0 Å². The second-order valence-electron chi connectivity index (χ2n) is 5.75. The summed E-state index contributed by atoms with van der Waals surface area (Å²) in [4.78, 5) is 10.6. The van der Waals surface area contributed by atoms with Gasteiger partial charge in [-0.05, 0) is 43.3 Å².